The Hall–Kier alpha value is -3.97. The zero-order chi connectivity index (χ0) is 28.5. The van der Waals surface area contributed by atoms with Crippen molar-refractivity contribution < 1.29 is 14.3 Å². The van der Waals surface area contributed by atoms with Crippen LogP contribution < -0.4 is 10.1 Å². The van der Waals surface area contributed by atoms with Crippen molar-refractivity contribution in [3.05, 3.63) is 88.3 Å². The fourth-order valence-electron chi connectivity index (χ4n) is 4.97. The Balaban J connectivity index is 1.49. The number of hydrogen-bond donors (Lipinski definition) is 2. The Labute approximate surface area is 237 Å². The van der Waals surface area contributed by atoms with Gasteiger partial charge in [0.2, 0.25) is 5.88 Å². The van der Waals surface area contributed by atoms with Crippen LogP contribution in [0.2, 0.25) is 0 Å². The lowest BCUT2D eigenvalue weighted by molar-refractivity contribution is -0.104. The lowest BCUT2D eigenvalue weighted by atomic mass is 9.85. The van der Waals surface area contributed by atoms with Crippen molar-refractivity contribution in [2.24, 2.45) is 5.92 Å². The monoisotopic (exact) mass is 540 g/mol. The van der Waals surface area contributed by atoms with Crippen molar-refractivity contribution in [3.8, 4) is 17.0 Å². The predicted molar refractivity (Wildman–Crippen MR) is 161 cm³/mol. The summed E-state index contributed by atoms with van der Waals surface area (Å²) in [6.45, 7) is 6.94. The number of pyridine rings is 1. The molecule has 0 aliphatic heterocycles. The van der Waals surface area contributed by atoms with Gasteiger partial charge in [0.1, 0.15) is 18.2 Å². The highest BCUT2D eigenvalue weighted by Gasteiger charge is 2.19. The van der Waals surface area contributed by atoms with E-state index in [0.29, 0.717) is 18.7 Å². The van der Waals surface area contributed by atoms with Crippen LogP contribution >= 0.6 is 0 Å². The summed E-state index contributed by atoms with van der Waals surface area (Å²) in [5, 5.41) is 10.4. The zero-order valence-corrected chi connectivity index (χ0v) is 24.0. The molecule has 0 unspecified atom stereocenters. The Morgan fingerprint density at radius 3 is 2.62 bits per heavy atom. The molecule has 0 bridgehead atoms. The Kier molecular flexibility index (Phi) is 10.1. The van der Waals surface area contributed by atoms with Gasteiger partial charge in [0, 0.05) is 24.9 Å². The number of allylic oxidation sites excluding steroid dienone is 1. The SMILES string of the molecule is CO/C(Nc1cccc(-c2cccc(C)c2OCc2ccc(C)c(CCN(C)CC3CCC3)c2)n1)=C(/C=N)C=O. The minimum Gasteiger partial charge on any atom is -0.488 e. The molecule has 7 heteroatoms. The summed E-state index contributed by atoms with van der Waals surface area (Å²) in [4.78, 5) is 18.5. The summed E-state index contributed by atoms with van der Waals surface area (Å²) in [7, 11) is 3.68. The first-order valence-corrected chi connectivity index (χ1v) is 13.9. The average molecular weight is 541 g/mol. The molecule has 4 rings (SSSR count). The molecule has 1 fully saturated rings. The van der Waals surface area contributed by atoms with Crippen molar-refractivity contribution in [1.82, 2.24) is 9.88 Å². The van der Waals surface area contributed by atoms with Crippen LogP contribution in [-0.4, -0.2) is 49.6 Å². The van der Waals surface area contributed by atoms with Gasteiger partial charge in [0.15, 0.2) is 6.29 Å². The van der Waals surface area contributed by atoms with Crippen molar-refractivity contribution in [2.45, 2.75) is 46.1 Å². The molecule has 0 atom stereocenters. The van der Waals surface area contributed by atoms with E-state index in [2.05, 4.69) is 42.4 Å². The second-order valence-electron chi connectivity index (χ2n) is 10.6. The van der Waals surface area contributed by atoms with Crippen LogP contribution in [0.4, 0.5) is 5.82 Å². The summed E-state index contributed by atoms with van der Waals surface area (Å²) in [6, 6.07) is 18.2. The van der Waals surface area contributed by atoms with Gasteiger partial charge in [-0.1, -0.05) is 42.8 Å². The van der Waals surface area contributed by atoms with Crippen molar-refractivity contribution in [2.75, 3.05) is 32.6 Å². The van der Waals surface area contributed by atoms with Crippen LogP contribution in [0.5, 0.6) is 5.75 Å². The van der Waals surface area contributed by atoms with Gasteiger partial charge in [-0.05, 0) is 86.5 Å². The number of aromatic nitrogens is 1. The molecule has 1 aliphatic rings. The smallest absolute Gasteiger partial charge is 0.204 e. The third kappa shape index (κ3) is 7.36. The maximum atomic E-state index is 11.3. The number of methoxy groups -OCH3 is 1. The molecule has 2 aromatic carbocycles. The number of benzene rings is 2. The molecule has 40 heavy (non-hydrogen) atoms. The molecular formula is C33H40N4O3. The third-order valence-corrected chi connectivity index (χ3v) is 7.58. The number of aldehydes is 1. The van der Waals surface area contributed by atoms with Gasteiger partial charge in [0.05, 0.1) is 18.4 Å². The molecule has 1 aromatic heterocycles. The van der Waals surface area contributed by atoms with Gasteiger partial charge >= 0.3 is 0 Å². The largest absolute Gasteiger partial charge is 0.488 e. The highest BCUT2D eigenvalue weighted by atomic mass is 16.5. The molecule has 7 nitrogen and oxygen atoms in total. The van der Waals surface area contributed by atoms with Crippen LogP contribution in [-0.2, 0) is 22.6 Å². The third-order valence-electron chi connectivity index (χ3n) is 7.58. The molecule has 2 N–H and O–H groups in total. The highest BCUT2D eigenvalue weighted by molar-refractivity contribution is 6.01. The lowest BCUT2D eigenvalue weighted by Crippen LogP contribution is -2.31. The number of nitrogens with one attached hydrogen (secondary N) is 2. The molecule has 1 saturated carbocycles. The van der Waals surface area contributed by atoms with E-state index < -0.39 is 0 Å². The minimum atomic E-state index is 0.0942. The molecule has 1 heterocycles. The normalized spacial score (nSPS) is 13.8. The molecular weight excluding hydrogens is 500 g/mol. The second-order valence-corrected chi connectivity index (χ2v) is 10.6. The first kappa shape index (κ1) is 29.0. The Morgan fingerprint density at radius 2 is 1.93 bits per heavy atom. The standard InChI is InChI=1S/C33H40N4O3/c1-23-14-15-26(18-27(23)16-17-37(3)20-25-9-6-10-25)22-40-32-24(2)8-5-11-29(32)30-12-7-13-31(35-30)36-33(39-4)28(19-34)21-38/h5,7-8,11-15,18-19,21,25,34H,6,9-10,16-17,20,22H2,1-4H3,(H,35,36)/b33-28-,34-19?. The molecule has 0 amide bonds. The van der Waals surface area contributed by atoms with Gasteiger partial charge in [0.25, 0.3) is 0 Å². The minimum absolute atomic E-state index is 0.0942. The van der Waals surface area contributed by atoms with Gasteiger partial charge in [-0.25, -0.2) is 4.98 Å². The number of nitrogens with zero attached hydrogens (tertiary/aromatic N) is 2. The summed E-state index contributed by atoms with van der Waals surface area (Å²) in [5.41, 5.74) is 6.54. The van der Waals surface area contributed by atoms with Gasteiger partial charge in [-0.3, -0.25) is 4.79 Å². The topological polar surface area (TPSA) is 87.5 Å². The van der Waals surface area contributed by atoms with Gasteiger partial charge in [-0.2, -0.15) is 0 Å². The number of ether oxygens (including phenoxy) is 2. The van der Waals surface area contributed by atoms with Crippen LogP contribution in [0.3, 0.4) is 0 Å². The summed E-state index contributed by atoms with van der Waals surface area (Å²) in [6.07, 6.45) is 6.69. The van der Waals surface area contributed by atoms with Crippen LogP contribution in [0, 0.1) is 25.2 Å². The van der Waals surface area contributed by atoms with Gasteiger partial charge in [-0.15, -0.1) is 0 Å². The number of hydrogen-bond acceptors (Lipinski definition) is 7. The number of aryl methyl sites for hydroxylation is 2. The van der Waals surface area contributed by atoms with Crippen molar-refractivity contribution in [3.63, 3.8) is 0 Å². The van der Waals surface area contributed by atoms with Crippen LogP contribution in [0.1, 0.15) is 41.5 Å². The van der Waals surface area contributed by atoms with Crippen molar-refractivity contribution >= 4 is 18.3 Å². The van der Waals surface area contributed by atoms with Gasteiger partial charge < -0.3 is 25.1 Å². The molecule has 3 aromatic rings. The quantitative estimate of drug-likeness (QED) is 0.107. The fraction of sp³-hybridized carbons (Fsp3) is 0.364. The molecule has 1 aliphatic carbocycles. The summed E-state index contributed by atoms with van der Waals surface area (Å²) in [5.74, 6) is 2.33. The molecule has 0 saturated heterocycles. The predicted octanol–water partition coefficient (Wildman–Crippen LogP) is 6.34. The van der Waals surface area contributed by atoms with E-state index >= 15 is 0 Å². The van der Waals surface area contributed by atoms with Crippen molar-refractivity contribution in [1.29, 1.82) is 5.41 Å². The fourth-order valence-corrected chi connectivity index (χ4v) is 4.97. The van der Waals surface area contributed by atoms with E-state index in [9.17, 15) is 4.79 Å². The van der Waals surface area contributed by atoms with Crippen LogP contribution in [0.25, 0.3) is 11.3 Å². The first-order valence-electron chi connectivity index (χ1n) is 13.9. The zero-order valence-electron chi connectivity index (χ0n) is 24.0. The van der Waals surface area contributed by atoms with E-state index in [1.807, 2.05) is 37.3 Å². The number of likely N-dealkylation sites (N-methyl/N-ethyl adjacent to an activating group) is 1. The summed E-state index contributed by atoms with van der Waals surface area (Å²) >= 11 is 0. The second kappa shape index (κ2) is 13.9. The Morgan fingerprint density at radius 1 is 1.12 bits per heavy atom. The molecule has 210 valence electrons. The molecule has 0 spiro atoms. The van der Waals surface area contributed by atoms with E-state index in [4.69, 9.17) is 19.9 Å². The highest BCUT2D eigenvalue weighted by Crippen LogP contribution is 2.33. The number of carbonyl (C=O) groups excluding carboxylic acids is 1. The Bertz CT molecular complexity index is 1350. The van der Waals surface area contributed by atoms with Crippen LogP contribution in [0.15, 0.2) is 66.1 Å². The maximum Gasteiger partial charge on any atom is 0.204 e. The average Bonchev–Trinajstić information content (AvgIpc) is 2.94. The van der Waals surface area contributed by atoms with E-state index in [1.165, 1.54) is 44.0 Å². The van der Waals surface area contributed by atoms with E-state index in [0.717, 1.165) is 53.2 Å². The number of carbonyl (C=O) groups is 1. The number of rotatable bonds is 14. The number of anilines is 1. The first-order chi connectivity index (χ1) is 19.4. The maximum absolute atomic E-state index is 11.3. The molecule has 0 radical (unpaired) electrons. The van der Waals surface area contributed by atoms with E-state index in [1.54, 1.807) is 6.07 Å². The summed E-state index contributed by atoms with van der Waals surface area (Å²) < 4.78 is 11.7. The number of para-hydroxylation sites is 1. The van der Waals surface area contributed by atoms with E-state index in [-0.39, 0.29) is 11.5 Å². The lowest BCUT2D eigenvalue weighted by Gasteiger charge is -2.30.